The van der Waals surface area contributed by atoms with E-state index in [0.29, 0.717) is 5.56 Å². The molecule has 0 aliphatic carbocycles. The molecule has 1 N–H and O–H groups in total. The summed E-state index contributed by atoms with van der Waals surface area (Å²) < 4.78 is 0. The summed E-state index contributed by atoms with van der Waals surface area (Å²) in [4.78, 5) is 0. The lowest BCUT2D eigenvalue weighted by atomic mass is 9.93. The van der Waals surface area contributed by atoms with Crippen molar-refractivity contribution in [1.82, 2.24) is 0 Å². The zero-order chi connectivity index (χ0) is 30.4. The Morgan fingerprint density at radius 3 is 1.36 bits per heavy atom. The van der Waals surface area contributed by atoms with Crippen molar-refractivity contribution in [2.45, 2.75) is 0 Å². The highest BCUT2D eigenvalue weighted by Crippen LogP contribution is 2.37. The van der Waals surface area contributed by atoms with Gasteiger partial charge in [-0.2, -0.15) is 5.26 Å². The van der Waals surface area contributed by atoms with Crippen molar-refractivity contribution in [2.75, 3.05) is 5.32 Å². The third-order valence-corrected chi connectivity index (χ3v) is 8.11. The van der Waals surface area contributed by atoms with Crippen LogP contribution in [0.15, 0.2) is 176 Å². The average molecular weight is 575 g/mol. The Balaban J connectivity index is 1.25. The molecule has 0 bridgehead atoms. The topological polar surface area (TPSA) is 35.8 Å². The lowest BCUT2D eigenvalue weighted by Gasteiger charge is -2.16. The van der Waals surface area contributed by atoms with E-state index in [1.165, 1.54) is 22.3 Å². The number of nitriles is 1. The van der Waals surface area contributed by atoms with Gasteiger partial charge in [-0.05, 0) is 98.6 Å². The summed E-state index contributed by atoms with van der Waals surface area (Å²) in [5.41, 5.74) is 14.3. The maximum atomic E-state index is 9.16. The highest BCUT2D eigenvalue weighted by molar-refractivity contribution is 5.87. The first-order valence-corrected chi connectivity index (χ1v) is 15.1. The van der Waals surface area contributed by atoms with Gasteiger partial charge in [0, 0.05) is 16.9 Å². The first-order valence-electron chi connectivity index (χ1n) is 15.1. The number of para-hydroxylation sites is 1. The van der Waals surface area contributed by atoms with Crippen molar-refractivity contribution >= 4 is 11.4 Å². The molecule has 7 rings (SSSR count). The summed E-state index contributed by atoms with van der Waals surface area (Å²) in [6.07, 6.45) is 0. The van der Waals surface area contributed by atoms with Crippen molar-refractivity contribution in [3.63, 3.8) is 0 Å². The standard InChI is InChI=1S/C43H30N2/c44-30-31-17-19-33(20-18-31)37-12-7-13-38(27-37)34-21-23-35(24-22-34)42-29-40(25-26-43(42)45-41-15-5-2-6-16-41)39-14-8-11-36(28-39)32-9-3-1-4-10-32/h1-29,45H. The van der Waals surface area contributed by atoms with Gasteiger partial charge >= 0.3 is 0 Å². The molecule has 0 atom stereocenters. The van der Waals surface area contributed by atoms with Crippen LogP contribution < -0.4 is 5.32 Å². The fourth-order valence-corrected chi connectivity index (χ4v) is 5.72. The number of hydrogen-bond donors (Lipinski definition) is 1. The van der Waals surface area contributed by atoms with Gasteiger partial charge in [0.2, 0.25) is 0 Å². The number of rotatable bonds is 7. The molecule has 0 radical (unpaired) electrons. The second-order valence-corrected chi connectivity index (χ2v) is 11.0. The molecular formula is C43H30N2. The molecule has 0 aliphatic heterocycles. The zero-order valence-electron chi connectivity index (χ0n) is 24.7. The van der Waals surface area contributed by atoms with Crippen LogP contribution in [0, 0.1) is 11.3 Å². The van der Waals surface area contributed by atoms with Crippen LogP contribution in [0.1, 0.15) is 5.56 Å². The van der Waals surface area contributed by atoms with Crippen LogP contribution in [0.2, 0.25) is 0 Å². The van der Waals surface area contributed by atoms with Crippen molar-refractivity contribution in [2.24, 2.45) is 0 Å². The molecule has 0 unspecified atom stereocenters. The van der Waals surface area contributed by atoms with Gasteiger partial charge in [-0.15, -0.1) is 0 Å². The molecule has 7 aromatic rings. The maximum Gasteiger partial charge on any atom is 0.0991 e. The van der Waals surface area contributed by atoms with Crippen LogP contribution in [0.5, 0.6) is 0 Å². The van der Waals surface area contributed by atoms with Crippen molar-refractivity contribution < 1.29 is 0 Å². The van der Waals surface area contributed by atoms with E-state index < -0.39 is 0 Å². The third kappa shape index (κ3) is 6.15. The Morgan fingerprint density at radius 2 is 0.778 bits per heavy atom. The van der Waals surface area contributed by atoms with Gasteiger partial charge in [0.15, 0.2) is 0 Å². The molecule has 2 nitrogen and oxygen atoms in total. The Kier molecular flexibility index (Phi) is 7.74. The van der Waals surface area contributed by atoms with Gasteiger partial charge in [0.05, 0.1) is 11.6 Å². The highest BCUT2D eigenvalue weighted by atomic mass is 14.9. The molecule has 212 valence electrons. The quantitative estimate of drug-likeness (QED) is 0.205. The Morgan fingerprint density at radius 1 is 0.356 bits per heavy atom. The molecular weight excluding hydrogens is 544 g/mol. The summed E-state index contributed by atoms with van der Waals surface area (Å²) in [6.45, 7) is 0. The van der Waals surface area contributed by atoms with E-state index in [0.717, 1.165) is 44.8 Å². The second kappa shape index (κ2) is 12.6. The van der Waals surface area contributed by atoms with Gasteiger partial charge in [0.1, 0.15) is 0 Å². The molecule has 0 heterocycles. The lowest BCUT2D eigenvalue weighted by Crippen LogP contribution is -1.94. The molecule has 0 aromatic heterocycles. The summed E-state index contributed by atoms with van der Waals surface area (Å²) in [7, 11) is 0. The van der Waals surface area contributed by atoms with Crippen LogP contribution in [0.3, 0.4) is 0 Å². The summed E-state index contributed by atoms with van der Waals surface area (Å²) in [6, 6.07) is 63.5. The first kappa shape index (κ1) is 27.7. The fourth-order valence-electron chi connectivity index (χ4n) is 5.72. The highest BCUT2D eigenvalue weighted by Gasteiger charge is 2.11. The summed E-state index contributed by atoms with van der Waals surface area (Å²) in [5, 5.41) is 12.8. The van der Waals surface area contributed by atoms with Crippen LogP contribution in [0.4, 0.5) is 11.4 Å². The Bertz CT molecular complexity index is 2110. The van der Waals surface area contributed by atoms with E-state index >= 15 is 0 Å². The lowest BCUT2D eigenvalue weighted by molar-refractivity contribution is 1.48. The third-order valence-electron chi connectivity index (χ3n) is 8.11. The number of anilines is 2. The maximum absolute atomic E-state index is 9.16. The second-order valence-electron chi connectivity index (χ2n) is 11.0. The van der Waals surface area contributed by atoms with Crippen molar-refractivity contribution in [1.29, 1.82) is 5.26 Å². The molecule has 7 aromatic carbocycles. The average Bonchev–Trinajstić information content (AvgIpc) is 3.13. The molecule has 0 amide bonds. The molecule has 2 heteroatoms. The SMILES string of the molecule is N#Cc1ccc(-c2cccc(-c3ccc(-c4cc(-c5cccc(-c6ccccc6)c5)ccc4Nc4ccccc4)cc3)c2)cc1. The van der Waals surface area contributed by atoms with E-state index in [4.69, 9.17) is 5.26 Å². The van der Waals surface area contributed by atoms with E-state index in [1.54, 1.807) is 0 Å². The number of nitrogens with one attached hydrogen (secondary N) is 1. The van der Waals surface area contributed by atoms with Crippen LogP contribution in [-0.2, 0) is 0 Å². The molecule has 0 saturated heterocycles. The fraction of sp³-hybridized carbons (Fsp3) is 0. The normalized spacial score (nSPS) is 10.6. The monoisotopic (exact) mass is 574 g/mol. The largest absolute Gasteiger partial charge is 0.355 e. The predicted octanol–water partition coefficient (Wildman–Crippen LogP) is 11.6. The smallest absolute Gasteiger partial charge is 0.0991 e. The van der Waals surface area contributed by atoms with E-state index in [-0.39, 0.29) is 0 Å². The Labute approximate surface area is 264 Å². The first-order chi connectivity index (χ1) is 22.2. The molecule has 0 fully saturated rings. The van der Waals surface area contributed by atoms with Gasteiger partial charge in [-0.3, -0.25) is 0 Å². The van der Waals surface area contributed by atoms with Crippen LogP contribution >= 0.6 is 0 Å². The summed E-state index contributed by atoms with van der Waals surface area (Å²) in [5.74, 6) is 0. The predicted molar refractivity (Wildman–Crippen MR) is 188 cm³/mol. The summed E-state index contributed by atoms with van der Waals surface area (Å²) >= 11 is 0. The number of nitrogens with zero attached hydrogens (tertiary/aromatic N) is 1. The van der Waals surface area contributed by atoms with E-state index in [9.17, 15) is 0 Å². The minimum Gasteiger partial charge on any atom is -0.355 e. The number of benzene rings is 7. The van der Waals surface area contributed by atoms with Crippen molar-refractivity contribution in [3.8, 4) is 61.7 Å². The molecule has 0 spiro atoms. The minimum atomic E-state index is 0.666. The number of hydrogen-bond acceptors (Lipinski definition) is 2. The molecule has 45 heavy (non-hydrogen) atoms. The van der Waals surface area contributed by atoms with Gasteiger partial charge in [-0.1, -0.05) is 127 Å². The van der Waals surface area contributed by atoms with Crippen molar-refractivity contribution in [3.05, 3.63) is 181 Å². The van der Waals surface area contributed by atoms with Gasteiger partial charge in [-0.25, -0.2) is 0 Å². The van der Waals surface area contributed by atoms with Crippen LogP contribution in [-0.4, -0.2) is 0 Å². The van der Waals surface area contributed by atoms with E-state index in [2.05, 4.69) is 145 Å². The van der Waals surface area contributed by atoms with Crippen LogP contribution in [0.25, 0.3) is 55.6 Å². The Hall–Kier alpha value is -6.17. The molecule has 0 saturated carbocycles. The molecule has 0 aliphatic rings. The van der Waals surface area contributed by atoms with Gasteiger partial charge in [0.25, 0.3) is 0 Å². The zero-order valence-corrected chi connectivity index (χ0v) is 24.7. The van der Waals surface area contributed by atoms with Gasteiger partial charge < -0.3 is 5.32 Å². The minimum absolute atomic E-state index is 0.666. The van der Waals surface area contributed by atoms with E-state index in [1.807, 2.05) is 42.5 Å².